The molecular formula is C21H26N2O3S. The van der Waals surface area contributed by atoms with Crippen molar-refractivity contribution >= 4 is 29.5 Å². The van der Waals surface area contributed by atoms with E-state index in [0.717, 1.165) is 11.8 Å². The minimum Gasteiger partial charge on any atom is -0.353 e. The molecule has 1 N–H and O–H groups in total. The van der Waals surface area contributed by atoms with Crippen LogP contribution in [-0.4, -0.2) is 46.7 Å². The zero-order valence-electron chi connectivity index (χ0n) is 15.6. The van der Waals surface area contributed by atoms with Gasteiger partial charge in [0.05, 0.1) is 16.9 Å². The Hall–Kier alpha value is -1.82. The number of nitrogens with one attached hydrogen (secondary N) is 1. The Morgan fingerprint density at radius 3 is 2.48 bits per heavy atom. The summed E-state index contributed by atoms with van der Waals surface area (Å²) in [5.74, 6) is 2.85. The molecule has 0 spiro atoms. The third-order valence-corrected chi connectivity index (χ3v) is 7.33. The number of rotatable bonds is 7. The summed E-state index contributed by atoms with van der Waals surface area (Å²) in [7, 11) is 0. The smallest absolute Gasteiger partial charge is 0.261 e. The standard InChI is InChI=1S/C21H26N2O3S/c1-13(18-11-14-6-7-15(18)10-14)22-19(24)12-27-9-8-23-20(25)16-4-2-3-5-17(16)21(23)26/h2-5,13-15,18H,6-12H2,1H3,(H,22,24). The van der Waals surface area contributed by atoms with E-state index in [1.807, 2.05) is 0 Å². The van der Waals surface area contributed by atoms with Gasteiger partial charge in [-0.2, -0.15) is 11.8 Å². The van der Waals surface area contributed by atoms with Gasteiger partial charge in [-0.3, -0.25) is 19.3 Å². The zero-order chi connectivity index (χ0) is 19.0. The van der Waals surface area contributed by atoms with Gasteiger partial charge in [-0.25, -0.2) is 0 Å². The first kappa shape index (κ1) is 18.5. The molecule has 0 aromatic heterocycles. The normalized spacial score (nSPS) is 27.1. The van der Waals surface area contributed by atoms with Crippen LogP contribution in [0.15, 0.2) is 24.3 Å². The van der Waals surface area contributed by atoms with Crippen LogP contribution in [0.25, 0.3) is 0 Å². The molecule has 1 aromatic carbocycles. The van der Waals surface area contributed by atoms with E-state index in [9.17, 15) is 14.4 Å². The van der Waals surface area contributed by atoms with Crippen LogP contribution in [0.1, 0.15) is 53.3 Å². The molecule has 2 saturated carbocycles. The number of fused-ring (bicyclic) bond motifs is 3. The predicted octanol–water partition coefficient (Wildman–Crippen LogP) is 2.96. The molecular weight excluding hydrogens is 360 g/mol. The van der Waals surface area contributed by atoms with Crippen LogP contribution in [0.2, 0.25) is 0 Å². The molecule has 27 heavy (non-hydrogen) atoms. The zero-order valence-corrected chi connectivity index (χ0v) is 16.5. The second-order valence-corrected chi connectivity index (χ2v) is 9.16. The maximum absolute atomic E-state index is 12.3. The van der Waals surface area contributed by atoms with Gasteiger partial charge in [-0.15, -0.1) is 0 Å². The first-order chi connectivity index (χ1) is 13.0. The molecule has 1 aliphatic heterocycles. The number of carbonyl (C=O) groups excluding carboxylic acids is 3. The number of nitrogens with zero attached hydrogens (tertiary/aromatic N) is 1. The van der Waals surface area contributed by atoms with Gasteiger partial charge in [-0.1, -0.05) is 18.6 Å². The van der Waals surface area contributed by atoms with E-state index < -0.39 is 0 Å². The highest BCUT2D eigenvalue weighted by Crippen LogP contribution is 2.49. The lowest BCUT2D eigenvalue weighted by Gasteiger charge is -2.28. The lowest BCUT2D eigenvalue weighted by Crippen LogP contribution is -2.41. The number of amides is 3. The fourth-order valence-corrected chi connectivity index (χ4v) is 5.80. The molecule has 1 heterocycles. The maximum Gasteiger partial charge on any atom is 0.261 e. The van der Waals surface area contributed by atoms with Gasteiger partial charge in [0.1, 0.15) is 0 Å². The number of hydrogen-bond donors (Lipinski definition) is 1. The number of benzene rings is 1. The molecule has 2 aliphatic carbocycles. The highest BCUT2D eigenvalue weighted by atomic mass is 32.2. The summed E-state index contributed by atoms with van der Waals surface area (Å²) in [4.78, 5) is 38.1. The van der Waals surface area contributed by atoms with Crippen LogP contribution in [0.3, 0.4) is 0 Å². The van der Waals surface area contributed by atoms with E-state index in [4.69, 9.17) is 0 Å². The summed E-state index contributed by atoms with van der Waals surface area (Å²) in [5, 5.41) is 3.16. The van der Waals surface area contributed by atoms with Crippen molar-refractivity contribution < 1.29 is 14.4 Å². The van der Waals surface area contributed by atoms with Crippen molar-refractivity contribution in [1.29, 1.82) is 0 Å². The van der Waals surface area contributed by atoms with Gasteiger partial charge in [0, 0.05) is 18.3 Å². The van der Waals surface area contributed by atoms with Crippen molar-refractivity contribution in [2.24, 2.45) is 17.8 Å². The average molecular weight is 387 g/mol. The van der Waals surface area contributed by atoms with Crippen LogP contribution in [0, 0.1) is 17.8 Å². The summed E-state index contributed by atoms with van der Waals surface area (Å²) >= 11 is 1.47. The van der Waals surface area contributed by atoms with E-state index in [0.29, 0.717) is 35.1 Å². The highest BCUT2D eigenvalue weighted by molar-refractivity contribution is 7.99. The second kappa shape index (κ2) is 7.66. The Labute approximate surface area is 164 Å². The Morgan fingerprint density at radius 2 is 1.89 bits per heavy atom. The summed E-state index contributed by atoms with van der Waals surface area (Å²) in [6.07, 6.45) is 5.30. The number of hydrogen-bond acceptors (Lipinski definition) is 4. The highest BCUT2D eigenvalue weighted by Gasteiger charge is 2.42. The average Bonchev–Trinajstić information content (AvgIpc) is 3.35. The van der Waals surface area contributed by atoms with Gasteiger partial charge in [0.2, 0.25) is 5.91 Å². The SMILES string of the molecule is CC(NC(=O)CSCCN1C(=O)c2ccccc2C1=O)C1CC2CCC1C2. The fourth-order valence-electron chi connectivity index (χ4n) is 5.07. The van der Waals surface area contributed by atoms with Gasteiger partial charge in [0.15, 0.2) is 0 Å². The fraction of sp³-hybridized carbons (Fsp3) is 0.571. The minimum atomic E-state index is -0.231. The van der Waals surface area contributed by atoms with Crippen LogP contribution in [-0.2, 0) is 4.79 Å². The summed E-state index contributed by atoms with van der Waals surface area (Å²) in [6.45, 7) is 2.47. The molecule has 3 amide bonds. The topological polar surface area (TPSA) is 66.5 Å². The third kappa shape index (κ3) is 3.64. The quantitative estimate of drug-likeness (QED) is 0.578. The van der Waals surface area contributed by atoms with Gasteiger partial charge in [0.25, 0.3) is 11.8 Å². The number of thioether (sulfide) groups is 1. The molecule has 0 radical (unpaired) electrons. The van der Waals surface area contributed by atoms with Crippen molar-refractivity contribution in [1.82, 2.24) is 10.2 Å². The molecule has 144 valence electrons. The lowest BCUT2D eigenvalue weighted by atomic mass is 9.84. The van der Waals surface area contributed by atoms with E-state index >= 15 is 0 Å². The largest absolute Gasteiger partial charge is 0.353 e. The first-order valence-corrected chi connectivity index (χ1v) is 11.0. The minimum absolute atomic E-state index is 0.0534. The van der Waals surface area contributed by atoms with Crippen molar-refractivity contribution in [3.05, 3.63) is 35.4 Å². The van der Waals surface area contributed by atoms with Crippen molar-refractivity contribution in [3.8, 4) is 0 Å². The molecule has 1 aromatic rings. The van der Waals surface area contributed by atoms with Gasteiger partial charge >= 0.3 is 0 Å². The monoisotopic (exact) mass is 386 g/mol. The Bertz CT molecular complexity index is 731. The van der Waals surface area contributed by atoms with Crippen LogP contribution in [0.4, 0.5) is 0 Å². The Kier molecular flexibility index (Phi) is 5.26. The van der Waals surface area contributed by atoms with E-state index in [-0.39, 0.29) is 23.8 Å². The maximum atomic E-state index is 12.3. The number of imide groups is 1. The van der Waals surface area contributed by atoms with Gasteiger partial charge in [-0.05, 0) is 56.1 Å². The van der Waals surface area contributed by atoms with Crippen LogP contribution >= 0.6 is 11.8 Å². The molecule has 4 unspecified atom stereocenters. The van der Waals surface area contributed by atoms with Gasteiger partial charge < -0.3 is 5.32 Å². The number of carbonyl (C=O) groups is 3. The molecule has 2 fully saturated rings. The lowest BCUT2D eigenvalue weighted by molar-refractivity contribution is -0.119. The summed E-state index contributed by atoms with van der Waals surface area (Å²) in [6, 6.07) is 7.15. The molecule has 4 rings (SSSR count). The van der Waals surface area contributed by atoms with E-state index in [2.05, 4.69) is 12.2 Å². The summed E-state index contributed by atoms with van der Waals surface area (Å²) in [5.41, 5.74) is 0.954. The predicted molar refractivity (Wildman–Crippen MR) is 106 cm³/mol. The summed E-state index contributed by atoms with van der Waals surface area (Å²) < 4.78 is 0. The molecule has 0 saturated heterocycles. The molecule has 6 heteroatoms. The van der Waals surface area contributed by atoms with Crippen molar-refractivity contribution in [2.45, 2.75) is 38.6 Å². The van der Waals surface area contributed by atoms with Crippen LogP contribution in [0.5, 0.6) is 0 Å². The Morgan fingerprint density at radius 1 is 1.19 bits per heavy atom. The second-order valence-electron chi connectivity index (χ2n) is 8.06. The van der Waals surface area contributed by atoms with Crippen molar-refractivity contribution in [3.63, 3.8) is 0 Å². The molecule has 5 nitrogen and oxygen atoms in total. The van der Waals surface area contributed by atoms with E-state index in [1.54, 1.807) is 24.3 Å². The third-order valence-electron chi connectivity index (χ3n) is 6.39. The molecule has 4 atom stereocenters. The van der Waals surface area contributed by atoms with Crippen molar-refractivity contribution in [2.75, 3.05) is 18.1 Å². The molecule has 3 aliphatic rings. The molecule has 2 bridgehead atoms. The van der Waals surface area contributed by atoms with Crippen LogP contribution < -0.4 is 5.32 Å². The first-order valence-electron chi connectivity index (χ1n) is 9.87. The van der Waals surface area contributed by atoms with E-state index in [1.165, 1.54) is 42.3 Å². The Balaban J connectivity index is 1.19.